The maximum Gasteiger partial charge on any atom is 0.409 e. The van der Waals surface area contributed by atoms with E-state index in [2.05, 4.69) is 10.6 Å². The van der Waals surface area contributed by atoms with Crippen LogP contribution in [-0.4, -0.2) is 28.2 Å². The smallest absolute Gasteiger partial charge is 0.409 e. The zero-order valence-electron chi connectivity index (χ0n) is 15.8. The van der Waals surface area contributed by atoms with E-state index >= 15 is 0 Å². The largest absolute Gasteiger partial charge is 0.445 e. The first-order valence-electron chi connectivity index (χ1n) is 9.15. The zero-order chi connectivity index (χ0) is 21.5. The number of nitro benzene ring substituents is 1. The second-order valence-corrected chi connectivity index (χ2v) is 7.69. The predicted molar refractivity (Wildman–Crippen MR) is 108 cm³/mol. The van der Waals surface area contributed by atoms with E-state index in [1.165, 1.54) is 24.3 Å². The van der Waals surface area contributed by atoms with Gasteiger partial charge in [0.2, 0.25) is 5.91 Å². The average molecular weight is 429 g/mol. The Morgan fingerprint density at radius 2 is 1.83 bits per heavy atom. The molecule has 30 heavy (non-hydrogen) atoms. The SMILES string of the molecule is O=C(N[C@H]1NC(=O)[C@@H]1CCC(=O)Sc1ccccc1)OCc1ccc([N+](=O)[O-])cc1. The van der Waals surface area contributed by atoms with Gasteiger partial charge in [0.15, 0.2) is 5.12 Å². The molecule has 1 fully saturated rings. The zero-order valence-corrected chi connectivity index (χ0v) is 16.6. The Morgan fingerprint density at radius 3 is 2.47 bits per heavy atom. The monoisotopic (exact) mass is 429 g/mol. The highest BCUT2D eigenvalue weighted by Crippen LogP contribution is 2.25. The Labute approximate surface area is 176 Å². The van der Waals surface area contributed by atoms with Crippen LogP contribution in [0.3, 0.4) is 0 Å². The minimum Gasteiger partial charge on any atom is -0.445 e. The van der Waals surface area contributed by atoms with Gasteiger partial charge < -0.3 is 15.4 Å². The van der Waals surface area contributed by atoms with Gasteiger partial charge in [-0.3, -0.25) is 19.7 Å². The quantitative estimate of drug-likeness (QED) is 0.286. The van der Waals surface area contributed by atoms with Gasteiger partial charge in [-0.15, -0.1) is 0 Å². The number of carbonyl (C=O) groups excluding carboxylic acids is 3. The third kappa shape index (κ3) is 5.80. The van der Waals surface area contributed by atoms with Crippen LogP contribution in [0.25, 0.3) is 0 Å². The van der Waals surface area contributed by atoms with Crippen molar-refractivity contribution in [3.05, 3.63) is 70.3 Å². The van der Waals surface area contributed by atoms with E-state index in [9.17, 15) is 24.5 Å². The van der Waals surface area contributed by atoms with E-state index in [-0.39, 0.29) is 29.7 Å². The minimum atomic E-state index is -0.728. The molecule has 0 aromatic heterocycles. The molecule has 2 aromatic carbocycles. The number of nitrogens with one attached hydrogen (secondary N) is 2. The fraction of sp³-hybridized carbons (Fsp3) is 0.250. The summed E-state index contributed by atoms with van der Waals surface area (Å²) < 4.78 is 5.08. The lowest BCUT2D eigenvalue weighted by Gasteiger charge is -2.36. The van der Waals surface area contributed by atoms with Gasteiger partial charge in [0.05, 0.1) is 10.8 Å². The molecule has 9 nitrogen and oxygen atoms in total. The van der Waals surface area contributed by atoms with E-state index in [1.54, 1.807) is 0 Å². The number of nitro groups is 1. The number of β-lactam (4-membered cyclic amide) rings is 1. The number of amides is 2. The lowest BCUT2D eigenvalue weighted by molar-refractivity contribution is -0.384. The molecule has 1 saturated heterocycles. The van der Waals surface area contributed by atoms with Crippen molar-refractivity contribution in [2.24, 2.45) is 5.92 Å². The van der Waals surface area contributed by atoms with Gasteiger partial charge in [-0.25, -0.2) is 4.79 Å². The Hall–Kier alpha value is -3.40. The molecule has 0 saturated carbocycles. The summed E-state index contributed by atoms with van der Waals surface area (Å²) in [6.45, 7) is -0.0681. The molecule has 0 unspecified atom stereocenters. The summed E-state index contributed by atoms with van der Waals surface area (Å²) in [5, 5.41) is 15.7. The van der Waals surface area contributed by atoms with Crippen LogP contribution in [0.1, 0.15) is 18.4 Å². The molecule has 10 heteroatoms. The van der Waals surface area contributed by atoms with E-state index in [1.807, 2.05) is 30.3 Å². The first-order valence-corrected chi connectivity index (χ1v) is 9.97. The van der Waals surface area contributed by atoms with Gasteiger partial charge in [-0.1, -0.05) is 30.0 Å². The maximum atomic E-state index is 12.1. The van der Waals surface area contributed by atoms with Crippen molar-refractivity contribution in [2.75, 3.05) is 0 Å². The molecule has 0 radical (unpaired) electrons. The number of non-ortho nitro benzene ring substituents is 1. The molecular formula is C20H19N3O6S. The van der Waals surface area contributed by atoms with Crippen LogP contribution in [0.4, 0.5) is 10.5 Å². The van der Waals surface area contributed by atoms with Crippen molar-refractivity contribution in [1.82, 2.24) is 10.6 Å². The van der Waals surface area contributed by atoms with E-state index in [0.29, 0.717) is 12.0 Å². The summed E-state index contributed by atoms with van der Waals surface area (Å²) in [7, 11) is 0. The number of ether oxygens (including phenoxy) is 1. The molecule has 0 aliphatic carbocycles. The summed E-state index contributed by atoms with van der Waals surface area (Å²) >= 11 is 1.12. The van der Waals surface area contributed by atoms with Crippen molar-refractivity contribution in [3.8, 4) is 0 Å². The summed E-state index contributed by atoms with van der Waals surface area (Å²) in [5.74, 6) is -0.731. The molecule has 0 bridgehead atoms. The highest BCUT2D eigenvalue weighted by Gasteiger charge is 2.40. The number of alkyl carbamates (subject to hydrolysis) is 1. The van der Waals surface area contributed by atoms with Crippen molar-refractivity contribution in [3.63, 3.8) is 0 Å². The van der Waals surface area contributed by atoms with Crippen molar-refractivity contribution < 1.29 is 24.0 Å². The highest BCUT2D eigenvalue weighted by atomic mass is 32.2. The number of hydrogen-bond donors (Lipinski definition) is 2. The average Bonchev–Trinajstić information content (AvgIpc) is 2.73. The van der Waals surface area contributed by atoms with Gasteiger partial charge in [0.1, 0.15) is 12.8 Å². The molecule has 1 aliphatic rings. The molecule has 156 valence electrons. The third-order valence-corrected chi connectivity index (χ3v) is 5.40. The van der Waals surface area contributed by atoms with Gasteiger partial charge in [0, 0.05) is 23.4 Å². The van der Waals surface area contributed by atoms with Crippen LogP contribution < -0.4 is 10.6 Å². The Kier molecular flexibility index (Phi) is 7.02. The van der Waals surface area contributed by atoms with E-state index in [4.69, 9.17) is 4.74 Å². The Morgan fingerprint density at radius 1 is 1.13 bits per heavy atom. The Bertz CT molecular complexity index is 935. The highest BCUT2D eigenvalue weighted by molar-refractivity contribution is 8.13. The van der Waals surface area contributed by atoms with Crippen LogP contribution >= 0.6 is 11.8 Å². The van der Waals surface area contributed by atoms with Crippen LogP contribution in [0.15, 0.2) is 59.5 Å². The van der Waals surface area contributed by atoms with Gasteiger partial charge in [-0.05, 0) is 36.2 Å². The molecule has 1 heterocycles. The summed E-state index contributed by atoms with van der Waals surface area (Å²) in [6.07, 6.45) is -0.810. The molecule has 2 aromatic rings. The molecule has 2 atom stereocenters. The summed E-state index contributed by atoms with van der Waals surface area (Å²) in [6, 6.07) is 14.9. The van der Waals surface area contributed by atoms with Crippen molar-refractivity contribution >= 4 is 34.6 Å². The summed E-state index contributed by atoms with van der Waals surface area (Å²) in [4.78, 5) is 46.8. The van der Waals surface area contributed by atoms with E-state index in [0.717, 1.165) is 16.7 Å². The van der Waals surface area contributed by atoms with Crippen LogP contribution in [0.2, 0.25) is 0 Å². The molecule has 2 N–H and O–H groups in total. The second kappa shape index (κ2) is 9.88. The van der Waals surface area contributed by atoms with Gasteiger partial charge >= 0.3 is 6.09 Å². The number of thioether (sulfide) groups is 1. The number of carbonyl (C=O) groups is 3. The molecule has 2 amide bonds. The molecule has 1 aliphatic heterocycles. The van der Waals surface area contributed by atoms with E-state index < -0.39 is 23.1 Å². The lowest BCUT2D eigenvalue weighted by Crippen LogP contribution is -2.65. The second-order valence-electron chi connectivity index (χ2n) is 6.56. The fourth-order valence-electron chi connectivity index (χ4n) is 2.83. The first-order chi connectivity index (χ1) is 14.4. The summed E-state index contributed by atoms with van der Waals surface area (Å²) in [5.41, 5.74) is 0.539. The fourth-order valence-corrected chi connectivity index (χ4v) is 3.60. The standard InChI is InChI=1S/C20H19N3O6S/c24-17(30-15-4-2-1-3-5-15)11-10-16-18(21-19(16)25)22-20(26)29-12-13-6-8-14(9-7-13)23(27)28/h1-9,16,18H,10-12H2,(H,21,25)(H,22,26)/t16-,18-/m1/s1. The first kappa shape index (κ1) is 21.3. The van der Waals surface area contributed by atoms with Gasteiger partial charge in [-0.2, -0.15) is 0 Å². The molecular weight excluding hydrogens is 410 g/mol. The van der Waals surface area contributed by atoms with Crippen LogP contribution in [-0.2, 0) is 20.9 Å². The topological polar surface area (TPSA) is 128 Å². The number of benzene rings is 2. The maximum absolute atomic E-state index is 12.1. The van der Waals surface area contributed by atoms with Crippen molar-refractivity contribution in [1.29, 1.82) is 0 Å². The van der Waals surface area contributed by atoms with Gasteiger partial charge in [0.25, 0.3) is 5.69 Å². The van der Waals surface area contributed by atoms with Crippen molar-refractivity contribution in [2.45, 2.75) is 30.5 Å². The van der Waals surface area contributed by atoms with Crippen LogP contribution in [0.5, 0.6) is 0 Å². The number of rotatable bonds is 8. The predicted octanol–water partition coefficient (Wildman–Crippen LogP) is 2.99. The third-order valence-electron chi connectivity index (χ3n) is 4.46. The molecule has 0 spiro atoms. The van der Waals surface area contributed by atoms with Crippen LogP contribution in [0, 0.1) is 16.0 Å². The molecule has 3 rings (SSSR count). The number of nitrogens with zero attached hydrogens (tertiary/aromatic N) is 1. The lowest BCUT2D eigenvalue weighted by atomic mass is 9.92. The normalized spacial score (nSPS) is 17.4. The Balaban J connectivity index is 1.41. The number of hydrogen-bond acceptors (Lipinski definition) is 7. The minimum absolute atomic E-state index is 0.0526.